The van der Waals surface area contributed by atoms with Crippen molar-refractivity contribution in [2.24, 2.45) is 17.8 Å². The molecule has 0 heterocycles. The van der Waals surface area contributed by atoms with Gasteiger partial charge in [0.05, 0.1) is 4.47 Å². The molecule has 0 aliphatic heterocycles. The predicted molar refractivity (Wildman–Crippen MR) is 86.1 cm³/mol. The highest BCUT2D eigenvalue weighted by atomic mass is 79.9. The summed E-state index contributed by atoms with van der Waals surface area (Å²) in [5, 5.41) is 3.66. The molecule has 1 saturated carbocycles. The average molecular weight is 342 g/mol. The van der Waals surface area contributed by atoms with Crippen LogP contribution in [0.1, 0.15) is 45.6 Å². The van der Waals surface area contributed by atoms with Crippen LogP contribution in [-0.4, -0.2) is 6.04 Å². The van der Waals surface area contributed by atoms with E-state index in [1.807, 2.05) is 6.07 Å². The number of rotatable bonds is 4. The fourth-order valence-corrected chi connectivity index (χ4v) is 3.58. The van der Waals surface area contributed by atoms with Gasteiger partial charge >= 0.3 is 0 Å². The van der Waals surface area contributed by atoms with Gasteiger partial charge in [-0.1, -0.05) is 33.3 Å². The molecule has 0 bridgehead atoms. The van der Waals surface area contributed by atoms with E-state index in [1.165, 1.54) is 19.3 Å². The van der Waals surface area contributed by atoms with Crippen molar-refractivity contribution >= 4 is 15.9 Å². The van der Waals surface area contributed by atoms with E-state index >= 15 is 0 Å². The summed E-state index contributed by atoms with van der Waals surface area (Å²) in [5.74, 6) is 2.07. The second kappa shape index (κ2) is 7.04. The first kappa shape index (κ1) is 16.0. The molecule has 1 fully saturated rings. The Labute approximate surface area is 130 Å². The summed E-state index contributed by atoms with van der Waals surface area (Å²) in [5.41, 5.74) is 1.02. The van der Waals surface area contributed by atoms with Gasteiger partial charge in [-0.2, -0.15) is 0 Å². The molecule has 3 unspecified atom stereocenters. The second-order valence-electron chi connectivity index (χ2n) is 6.56. The smallest absolute Gasteiger partial charge is 0.137 e. The molecule has 1 N–H and O–H groups in total. The van der Waals surface area contributed by atoms with Crippen molar-refractivity contribution in [1.29, 1.82) is 0 Å². The Morgan fingerprint density at radius 2 is 2.10 bits per heavy atom. The zero-order chi connectivity index (χ0) is 14.7. The maximum absolute atomic E-state index is 13.5. The van der Waals surface area contributed by atoms with Gasteiger partial charge in [0.2, 0.25) is 0 Å². The molecule has 3 heteroatoms. The van der Waals surface area contributed by atoms with E-state index in [4.69, 9.17) is 0 Å². The van der Waals surface area contributed by atoms with Crippen LogP contribution in [0.2, 0.25) is 0 Å². The monoisotopic (exact) mass is 341 g/mol. The Bertz CT molecular complexity index is 447. The highest BCUT2D eigenvalue weighted by Gasteiger charge is 2.30. The minimum atomic E-state index is -0.179. The number of halogens is 2. The molecule has 0 aromatic heterocycles. The molecule has 112 valence electrons. The predicted octanol–water partition coefficient (Wildman–Crippen LogP) is 5.14. The first-order valence-corrected chi connectivity index (χ1v) is 8.44. The molecule has 1 nitrogen and oxygen atoms in total. The minimum Gasteiger partial charge on any atom is -0.310 e. The third-order valence-electron chi connectivity index (χ3n) is 4.57. The molecule has 0 radical (unpaired) electrons. The Balaban J connectivity index is 1.98. The molecule has 0 amide bonds. The zero-order valence-electron chi connectivity index (χ0n) is 12.6. The van der Waals surface area contributed by atoms with Crippen LogP contribution in [0.25, 0.3) is 0 Å². The Morgan fingerprint density at radius 3 is 2.75 bits per heavy atom. The Hall–Kier alpha value is -0.410. The number of hydrogen-bond donors (Lipinski definition) is 1. The van der Waals surface area contributed by atoms with Crippen LogP contribution >= 0.6 is 15.9 Å². The van der Waals surface area contributed by atoms with Crippen molar-refractivity contribution < 1.29 is 4.39 Å². The highest BCUT2D eigenvalue weighted by Crippen LogP contribution is 2.33. The van der Waals surface area contributed by atoms with Crippen molar-refractivity contribution in [2.75, 3.05) is 0 Å². The fourth-order valence-electron chi connectivity index (χ4n) is 3.34. The summed E-state index contributed by atoms with van der Waals surface area (Å²) < 4.78 is 14.1. The molecule has 0 spiro atoms. The largest absolute Gasteiger partial charge is 0.310 e. The van der Waals surface area contributed by atoms with Crippen LogP contribution in [-0.2, 0) is 6.54 Å². The molecule has 1 aromatic carbocycles. The van der Waals surface area contributed by atoms with Gasteiger partial charge in [0.15, 0.2) is 0 Å². The maximum Gasteiger partial charge on any atom is 0.137 e. The second-order valence-corrected chi connectivity index (χ2v) is 7.42. The van der Waals surface area contributed by atoms with Crippen LogP contribution < -0.4 is 5.32 Å². The molecule has 20 heavy (non-hydrogen) atoms. The summed E-state index contributed by atoms with van der Waals surface area (Å²) in [7, 11) is 0. The lowest BCUT2D eigenvalue weighted by Crippen LogP contribution is -2.42. The Morgan fingerprint density at radius 1 is 1.35 bits per heavy atom. The molecular formula is C17H25BrFN. The van der Waals surface area contributed by atoms with Crippen molar-refractivity contribution in [3.8, 4) is 0 Å². The summed E-state index contributed by atoms with van der Waals surface area (Å²) in [6.07, 6.45) is 3.89. The quantitative estimate of drug-likeness (QED) is 0.799. The summed E-state index contributed by atoms with van der Waals surface area (Å²) in [6, 6.07) is 5.95. The molecule has 0 saturated heterocycles. The van der Waals surface area contributed by atoms with Gasteiger partial charge in [-0.15, -0.1) is 0 Å². The zero-order valence-corrected chi connectivity index (χ0v) is 14.2. The van der Waals surface area contributed by atoms with Gasteiger partial charge in [0.25, 0.3) is 0 Å². The molecule has 3 atom stereocenters. The first-order valence-electron chi connectivity index (χ1n) is 7.64. The normalized spacial score (nSPS) is 27.0. The number of nitrogens with one attached hydrogen (secondary N) is 1. The van der Waals surface area contributed by atoms with Crippen molar-refractivity contribution in [1.82, 2.24) is 5.32 Å². The third kappa shape index (κ3) is 4.05. The lowest BCUT2D eigenvalue weighted by atomic mass is 9.74. The van der Waals surface area contributed by atoms with Crippen LogP contribution in [0, 0.1) is 23.6 Å². The van der Waals surface area contributed by atoms with Crippen LogP contribution in [0.3, 0.4) is 0 Å². The van der Waals surface area contributed by atoms with Gasteiger partial charge in [-0.25, -0.2) is 4.39 Å². The van der Waals surface area contributed by atoms with E-state index in [1.54, 1.807) is 12.1 Å². The lowest BCUT2D eigenvalue weighted by molar-refractivity contribution is 0.169. The first-order chi connectivity index (χ1) is 9.47. The fraction of sp³-hybridized carbons (Fsp3) is 0.647. The van der Waals surface area contributed by atoms with Gasteiger partial charge in [0, 0.05) is 12.6 Å². The highest BCUT2D eigenvalue weighted by molar-refractivity contribution is 9.10. The topological polar surface area (TPSA) is 12.0 Å². The van der Waals surface area contributed by atoms with E-state index in [-0.39, 0.29) is 5.82 Å². The SMILES string of the molecule is CC1CCC(C(C)C)C(NCc2ccc(Br)c(F)c2)C1. The van der Waals surface area contributed by atoms with E-state index in [2.05, 4.69) is 42.0 Å². The van der Waals surface area contributed by atoms with Crippen molar-refractivity contribution in [3.63, 3.8) is 0 Å². The van der Waals surface area contributed by atoms with Gasteiger partial charge < -0.3 is 5.32 Å². The van der Waals surface area contributed by atoms with Gasteiger partial charge in [-0.3, -0.25) is 0 Å². The van der Waals surface area contributed by atoms with Gasteiger partial charge in [-0.05, 0) is 64.2 Å². The van der Waals surface area contributed by atoms with E-state index in [0.717, 1.165) is 23.9 Å². The van der Waals surface area contributed by atoms with Crippen LogP contribution in [0.5, 0.6) is 0 Å². The summed E-state index contributed by atoms with van der Waals surface area (Å²) in [4.78, 5) is 0. The lowest BCUT2D eigenvalue weighted by Gasteiger charge is -2.38. The van der Waals surface area contributed by atoms with Crippen molar-refractivity contribution in [2.45, 2.75) is 52.6 Å². The minimum absolute atomic E-state index is 0.179. The molecule has 1 aliphatic carbocycles. The molecular weight excluding hydrogens is 317 g/mol. The molecule has 1 aromatic rings. The maximum atomic E-state index is 13.5. The van der Waals surface area contributed by atoms with Crippen LogP contribution in [0.4, 0.5) is 4.39 Å². The summed E-state index contributed by atoms with van der Waals surface area (Å²) >= 11 is 3.20. The molecule has 2 rings (SSSR count). The third-order valence-corrected chi connectivity index (χ3v) is 5.22. The number of benzene rings is 1. The van der Waals surface area contributed by atoms with E-state index in [9.17, 15) is 4.39 Å². The van der Waals surface area contributed by atoms with E-state index in [0.29, 0.717) is 16.4 Å². The van der Waals surface area contributed by atoms with Gasteiger partial charge in [0.1, 0.15) is 5.82 Å². The standard InChI is InChI=1S/C17H25BrFN/c1-11(2)14-6-4-12(3)8-17(14)20-10-13-5-7-15(18)16(19)9-13/h5,7,9,11-12,14,17,20H,4,6,8,10H2,1-3H3. The molecule has 1 aliphatic rings. The van der Waals surface area contributed by atoms with E-state index < -0.39 is 0 Å². The van der Waals surface area contributed by atoms with Crippen molar-refractivity contribution in [3.05, 3.63) is 34.1 Å². The Kier molecular flexibility index (Phi) is 5.62. The van der Waals surface area contributed by atoms with Crippen LogP contribution in [0.15, 0.2) is 22.7 Å². The average Bonchev–Trinajstić information content (AvgIpc) is 2.40. The summed E-state index contributed by atoms with van der Waals surface area (Å²) in [6.45, 7) is 7.72. The number of hydrogen-bond acceptors (Lipinski definition) is 1.